The molecule has 0 bridgehead atoms. The van der Waals surface area contributed by atoms with Gasteiger partial charge in [0.15, 0.2) is 0 Å². The highest BCUT2D eigenvalue weighted by atomic mass is 35.5. The number of benzene rings is 2. The molecule has 1 N–H and O–H groups in total. The summed E-state index contributed by atoms with van der Waals surface area (Å²) in [6, 6.07) is 14.2. The molecule has 0 saturated carbocycles. The maximum atomic E-state index is 12.1. The zero-order valence-electron chi connectivity index (χ0n) is 11.2. The summed E-state index contributed by atoms with van der Waals surface area (Å²) in [6.45, 7) is 2.62. The van der Waals surface area contributed by atoms with Crippen LogP contribution in [-0.4, -0.2) is 12.5 Å². The number of halogens is 1. The van der Waals surface area contributed by atoms with Crippen LogP contribution in [0.1, 0.15) is 23.7 Å². The number of anilines is 1. The van der Waals surface area contributed by atoms with E-state index in [2.05, 4.69) is 5.32 Å². The molecule has 20 heavy (non-hydrogen) atoms. The third-order valence-electron chi connectivity index (χ3n) is 2.69. The Kier molecular flexibility index (Phi) is 5.02. The number of hydrogen-bond acceptors (Lipinski definition) is 2. The van der Waals surface area contributed by atoms with E-state index in [4.69, 9.17) is 16.3 Å². The van der Waals surface area contributed by atoms with Crippen LogP contribution in [0, 0.1) is 0 Å². The second-order valence-corrected chi connectivity index (χ2v) is 4.75. The summed E-state index contributed by atoms with van der Waals surface area (Å²) < 4.78 is 5.60. The van der Waals surface area contributed by atoms with Gasteiger partial charge in [0, 0.05) is 10.6 Å². The Balaban J connectivity index is 2.19. The van der Waals surface area contributed by atoms with Gasteiger partial charge in [0.2, 0.25) is 0 Å². The van der Waals surface area contributed by atoms with Gasteiger partial charge in [0.05, 0.1) is 12.3 Å². The Labute approximate surface area is 123 Å². The van der Waals surface area contributed by atoms with E-state index in [-0.39, 0.29) is 5.91 Å². The summed E-state index contributed by atoms with van der Waals surface area (Å²) in [5.41, 5.74) is 1.17. The average Bonchev–Trinajstić information content (AvgIpc) is 2.47. The third kappa shape index (κ3) is 3.75. The van der Waals surface area contributed by atoms with Crippen LogP contribution in [0.5, 0.6) is 5.75 Å². The van der Waals surface area contributed by atoms with Crippen molar-refractivity contribution in [2.24, 2.45) is 0 Å². The Bertz CT molecular complexity index is 584. The van der Waals surface area contributed by atoms with Crippen LogP contribution in [0.3, 0.4) is 0 Å². The molecule has 1 amide bonds. The van der Waals surface area contributed by atoms with Gasteiger partial charge in [-0.25, -0.2) is 0 Å². The van der Waals surface area contributed by atoms with Crippen molar-refractivity contribution in [2.75, 3.05) is 11.9 Å². The molecule has 0 aliphatic rings. The Morgan fingerprint density at radius 1 is 1.20 bits per heavy atom. The van der Waals surface area contributed by atoms with Crippen LogP contribution < -0.4 is 10.1 Å². The van der Waals surface area contributed by atoms with Crippen LogP contribution in [0.4, 0.5) is 5.69 Å². The molecular formula is C16H16ClNO2. The number of amides is 1. The molecule has 2 aromatic carbocycles. The van der Waals surface area contributed by atoms with Crippen LogP contribution in [0.15, 0.2) is 48.5 Å². The molecule has 0 saturated heterocycles. The normalized spacial score (nSPS) is 10.1. The molecule has 104 valence electrons. The lowest BCUT2D eigenvalue weighted by Crippen LogP contribution is -2.13. The van der Waals surface area contributed by atoms with Crippen LogP contribution >= 0.6 is 11.6 Å². The van der Waals surface area contributed by atoms with Gasteiger partial charge in [-0.15, -0.1) is 0 Å². The van der Waals surface area contributed by atoms with E-state index in [1.54, 1.807) is 30.3 Å². The first-order valence-electron chi connectivity index (χ1n) is 6.49. The van der Waals surface area contributed by atoms with E-state index in [1.165, 1.54) is 0 Å². The molecule has 2 rings (SSSR count). The van der Waals surface area contributed by atoms with E-state index < -0.39 is 0 Å². The van der Waals surface area contributed by atoms with E-state index >= 15 is 0 Å². The lowest BCUT2D eigenvalue weighted by molar-refractivity contribution is 0.102. The summed E-state index contributed by atoms with van der Waals surface area (Å²) in [5, 5.41) is 3.38. The SMILES string of the molecule is CCCOc1ccc(Cl)cc1NC(=O)c1ccccc1. The molecule has 0 unspecified atom stereocenters. The van der Waals surface area contributed by atoms with Gasteiger partial charge < -0.3 is 10.1 Å². The molecule has 0 heterocycles. The lowest BCUT2D eigenvalue weighted by atomic mass is 10.2. The minimum absolute atomic E-state index is 0.186. The number of carbonyl (C=O) groups excluding carboxylic acids is 1. The van der Waals surface area contributed by atoms with Crippen molar-refractivity contribution < 1.29 is 9.53 Å². The van der Waals surface area contributed by atoms with Crippen molar-refractivity contribution in [3.05, 3.63) is 59.1 Å². The fourth-order valence-corrected chi connectivity index (χ4v) is 1.89. The van der Waals surface area contributed by atoms with E-state index in [9.17, 15) is 4.79 Å². The zero-order valence-corrected chi connectivity index (χ0v) is 12.0. The van der Waals surface area contributed by atoms with E-state index in [0.29, 0.717) is 28.6 Å². The maximum absolute atomic E-state index is 12.1. The average molecular weight is 290 g/mol. The Hall–Kier alpha value is -2.00. The van der Waals surface area contributed by atoms with Crippen LogP contribution in [0.25, 0.3) is 0 Å². The molecule has 0 aromatic heterocycles. The van der Waals surface area contributed by atoms with Gasteiger partial charge in [-0.05, 0) is 36.8 Å². The minimum atomic E-state index is -0.186. The first-order chi connectivity index (χ1) is 9.70. The molecule has 0 radical (unpaired) electrons. The first kappa shape index (κ1) is 14.4. The fraction of sp³-hybridized carbons (Fsp3) is 0.188. The molecule has 4 heteroatoms. The number of hydrogen-bond donors (Lipinski definition) is 1. The van der Waals surface area contributed by atoms with Crippen molar-refractivity contribution >= 4 is 23.2 Å². The van der Waals surface area contributed by atoms with Gasteiger partial charge in [-0.1, -0.05) is 36.7 Å². The van der Waals surface area contributed by atoms with Gasteiger partial charge in [0.25, 0.3) is 5.91 Å². The number of ether oxygens (including phenoxy) is 1. The summed E-state index contributed by atoms with van der Waals surface area (Å²) in [7, 11) is 0. The van der Waals surface area contributed by atoms with Crippen molar-refractivity contribution in [1.29, 1.82) is 0 Å². The highest BCUT2D eigenvalue weighted by molar-refractivity contribution is 6.31. The quantitative estimate of drug-likeness (QED) is 0.887. The second-order valence-electron chi connectivity index (χ2n) is 4.31. The summed E-state index contributed by atoms with van der Waals surface area (Å²) in [5.74, 6) is 0.440. The summed E-state index contributed by atoms with van der Waals surface area (Å²) in [6.07, 6.45) is 0.898. The summed E-state index contributed by atoms with van der Waals surface area (Å²) in [4.78, 5) is 12.1. The largest absolute Gasteiger partial charge is 0.491 e. The number of rotatable bonds is 5. The number of carbonyl (C=O) groups is 1. The van der Waals surface area contributed by atoms with E-state index in [1.807, 2.05) is 25.1 Å². The summed E-state index contributed by atoms with van der Waals surface area (Å²) >= 11 is 5.97. The monoisotopic (exact) mass is 289 g/mol. The van der Waals surface area contributed by atoms with E-state index in [0.717, 1.165) is 6.42 Å². The number of nitrogens with one attached hydrogen (secondary N) is 1. The molecule has 3 nitrogen and oxygen atoms in total. The zero-order chi connectivity index (χ0) is 14.4. The van der Waals surface area contributed by atoms with Gasteiger partial charge in [-0.3, -0.25) is 4.79 Å². The molecule has 0 aliphatic heterocycles. The molecular weight excluding hydrogens is 274 g/mol. The third-order valence-corrected chi connectivity index (χ3v) is 2.92. The van der Waals surface area contributed by atoms with Crippen molar-refractivity contribution in [3.63, 3.8) is 0 Å². The predicted octanol–water partition coefficient (Wildman–Crippen LogP) is 4.38. The topological polar surface area (TPSA) is 38.3 Å². The second kappa shape index (κ2) is 6.96. The van der Waals surface area contributed by atoms with Crippen LogP contribution in [0.2, 0.25) is 5.02 Å². The fourth-order valence-electron chi connectivity index (χ4n) is 1.72. The lowest BCUT2D eigenvalue weighted by Gasteiger charge is -2.12. The molecule has 0 aliphatic carbocycles. The Morgan fingerprint density at radius 2 is 1.95 bits per heavy atom. The van der Waals surface area contributed by atoms with Crippen molar-refractivity contribution in [2.45, 2.75) is 13.3 Å². The van der Waals surface area contributed by atoms with Gasteiger partial charge in [-0.2, -0.15) is 0 Å². The highest BCUT2D eigenvalue weighted by Crippen LogP contribution is 2.28. The van der Waals surface area contributed by atoms with Crippen molar-refractivity contribution in [1.82, 2.24) is 0 Å². The smallest absolute Gasteiger partial charge is 0.255 e. The molecule has 0 spiro atoms. The standard InChI is InChI=1S/C16H16ClNO2/c1-2-10-20-15-9-8-13(17)11-14(15)18-16(19)12-6-4-3-5-7-12/h3-9,11H,2,10H2,1H3,(H,18,19). The van der Waals surface area contributed by atoms with Crippen molar-refractivity contribution in [3.8, 4) is 5.75 Å². The van der Waals surface area contributed by atoms with Gasteiger partial charge >= 0.3 is 0 Å². The Morgan fingerprint density at radius 3 is 2.65 bits per heavy atom. The van der Waals surface area contributed by atoms with Gasteiger partial charge in [0.1, 0.15) is 5.75 Å². The molecule has 0 fully saturated rings. The minimum Gasteiger partial charge on any atom is -0.491 e. The predicted molar refractivity (Wildman–Crippen MR) is 81.6 cm³/mol. The highest BCUT2D eigenvalue weighted by Gasteiger charge is 2.10. The first-order valence-corrected chi connectivity index (χ1v) is 6.87. The van der Waals surface area contributed by atoms with Crippen LogP contribution in [-0.2, 0) is 0 Å². The maximum Gasteiger partial charge on any atom is 0.255 e. The molecule has 0 atom stereocenters. The molecule has 2 aromatic rings.